The summed E-state index contributed by atoms with van der Waals surface area (Å²) in [5.74, 6) is -0.117. The maximum absolute atomic E-state index is 11.1. The van der Waals surface area contributed by atoms with Gasteiger partial charge in [-0.1, -0.05) is 6.92 Å². The predicted octanol–water partition coefficient (Wildman–Crippen LogP) is -0.599. The second-order valence-corrected chi connectivity index (χ2v) is 2.57. The maximum Gasteiger partial charge on any atom is 0.242 e. The minimum Gasteiger partial charge on any atom is -0.354 e. The van der Waals surface area contributed by atoms with Crippen molar-refractivity contribution in [2.75, 3.05) is 6.54 Å². The SMILES string of the molecule is CCC1NC(=O)CCNC1=O. The third kappa shape index (κ3) is 1.93. The summed E-state index contributed by atoms with van der Waals surface area (Å²) in [6, 6.07) is -0.329. The first kappa shape index (κ1) is 8.04. The van der Waals surface area contributed by atoms with Gasteiger partial charge in [0.25, 0.3) is 0 Å². The van der Waals surface area contributed by atoms with Crippen LogP contribution in [0.25, 0.3) is 0 Å². The molecule has 1 saturated heterocycles. The van der Waals surface area contributed by atoms with E-state index in [0.717, 1.165) is 0 Å². The van der Waals surface area contributed by atoms with E-state index in [9.17, 15) is 9.59 Å². The van der Waals surface area contributed by atoms with Gasteiger partial charge in [-0.2, -0.15) is 0 Å². The zero-order valence-electron chi connectivity index (χ0n) is 6.52. The van der Waals surface area contributed by atoms with E-state index >= 15 is 0 Å². The summed E-state index contributed by atoms with van der Waals surface area (Å²) in [6.45, 7) is 2.33. The Morgan fingerprint density at radius 1 is 1.55 bits per heavy atom. The quantitative estimate of drug-likeness (QED) is 0.532. The molecule has 0 aromatic rings. The van der Waals surface area contributed by atoms with E-state index in [-0.39, 0.29) is 17.9 Å². The molecular formula is C7H12N2O2. The summed E-state index contributed by atoms with van der Waals surface area (Å²) in [4.78, 5) is 22.0. The van der Waals surface area contributed by atoms with Crippen LogP contribution in [0.15, 0.2) is 0 Å². The molecular weight excluding hydrogens is 144 g/mol. The summed E-state index contributed by atoms with van der Waals surface area (Å²) in [5.41, 5.74) is 0. The number of hydrogen-bond donors (Lipinski definition) is 2. The summed E-state index contributed by atoms with van der Waals surface area (Å²) >= 11 is 0. The molecule has 2 amide bonds. The second kappa shape index (κ2) is 3.37. The number of carbonyl (C=O) groups is 2. The van der Waals surface area contributed by atoms with Gasteiger partial charge in [-0.25, -0.2) is 0 Å². The molecule has 2 N–H and O–H groups in total. The summed E-state index contributed by atoms with van der Waals surface area (Å²) < 4.78 is 0. The fourth-order valence-electron chi connectivity index (χ4n) is 1.04. The first-order valence-corrected chi connectivity index (χ1v) is 3.81. The van der Waals surface area contributed by atoms with Gasteiger partial charge in [0, 0.05) is 13.0 Å². The number of rotatable bonds is 1. The Hall–Kier alpha value is -1.06. The van der Waals surface area contributed by atoms with Crippen LogP contribution in [0.3, 0.4) is 0 Å². The minimum atomic E-state index is -0.329. The van der Waals surface area contributed by atoms with Gasteiger partial charge in [0.1, 0.15) is 6.04 Å². The molecule has 0 radical (unpaired) electrons. The highest BCUT2D eigenvalue weighted by molar-refractivity contribution is 5.89. The van der Waals surface area contributed by atoms with E-state index in [0.29, 0.717) is 19.4 Å². The molecule has 4 heteroatoms. The Morgan fingerprint density at radius 2 is 2.27 bits per heavy atom. The van der Waals surface area contributed by atoms with Crippen LogP contribution in [0.4, 0.5) is 0 Å². The predicted molar refractivity (Wildman–Crippen MR) is 39.8 cm³/mol. The standard InChI is InChI=1S/C7H12N2O2/c1-2-5-7(11)8-4-3-6(10)9-5/h5H,2-4H2,1H3,(H,8,11)(H,9,10). The summed E-state index contributed by atoms with van der Waals surface area (Å²) in [7, 11) is 0. The highest BCUT2D eigenvalue weighted by atomic mass is 16.2. The molecule has 1 fully saturated rings. The topological polar surface area (TPSA) is 58.2 Å². The van der Waals surface area contributed by atoms with Crippen LogP contribution in [0.2, 0.25) is 0 Å². The van der Waals surface area contributed by atoms with E-state index in [4.69, 9.17) is 0 Å². The third-order valence-corrected chi connectivity index (χ3v) is 1.71. The van der Waals surface area contributed by atoms with Crippen molar-refractivity contribution in [3.8, 4) is 0 Å². The van der Waals surface area contributed by atoms with Gasteiger partial charge in [-0.05, 0) is 6.42 Å². The van der Waals surface area contributed by atoms with Crippen LogP contribution in [-0.2, 0) is 9.59 Å². The van der Waals surface area contributed by atoms with Crippen LogP contribution in [-0.4, -0.2) is 24.4 Å². The third-order valence-electron chi connectivity index (χ3n) is 1.71. The average molecular weight is 156 g/mol. The van der Waals surface area contributed by atoms with Crippen molar-refractivity contribution in [3.63, 3.8) is 0 Å². The molecule has 1 atom stereocenters. The highest BCUT2D eigenvalue weighted by Gasteiger charge is 2.21. The normalized spacial score (nSPS) is 25.4. The fraction of sp³-hybridized carbons (Fsp3) is 0.714. The molecule has 1 aliphatic heterocycles. The van der Waals surface area contributed by atoms with Gasteiger partial charge in [0.2, 0.25) is 11.8 Å². The van der Waals surface area contributed by atoms with Crippen LogP contribution < -0.4 is 10.6 Å². The van der Waals surface area contributed by atoms with Crippen molar-refractivity contribution in [1.29, 1.82) is 0 Å². The molecule has 0 spiro atoms. The molecule has 0 bridgehead atoms. The van der Waals surface area contributed by atoms with Crippen molar-refractivity contribution >= 4 is 11.8 Å². The van der Waals surface area contributed by atoms with Crippen molar-refractivity contribution in [2.24, 2.45) is 0 Å². The summed E-state index contributed by atoms with van der Waals surface area (Å²) in [5, 5.41) is 5.28. The lowest BCUT2D eigenvalue weighted by molar-refractivity contribution is -0.126. The van der Waals surface area contributed by atoms with Gasteiger partial charge in [-0.3, -0.25) is 9.59 Å². The zero-order chi connectivity index (χ0) is 8.27. The Morgan fingerprint density at radius 3 is 2.91 bits per heavy atom. The Bertz CT molecular complexity index is 179. The van der Waals surface area contributed by atoms with E-state index in [1.807, 2.05) is 6.92 Å². The maximum atomic E-state index is 11.1. The molecule has 11 heavy (non-hydrogen) atoms. The Labute approximate surface area is 65.3 Å². The Kier molecular flexibility index (Phi) is 2.46. The fourth-order valence-corrected chi connectivity index (χ4v) is 1.04. The second-order valence-electron chi connectivity index (χ2n) is 2.57. The molecule has 0 aromatic heterocycles. The van der Waals surface area contributed by atoms with Crippen molar-refractivity contribution in [2.45, 2.75) is 25.8 Å². The van der Waals surface area contributed by atoms with Gasteiger partial charge < -0.3 is 10.6 Å². The number of hydrogen-bond acceptors (Lipinski definition) is 2. The van der Waals surface area contributed by atoms with Gasteiger partial charge in [0.15, 0.2) is 0 Å². The smallest absolute Gasteiger partial charge is 0.242 e. The lowest BCUT2D eigenvalue weighted by Gasteiger charge is -2.10. The van der Waals surface area contributed by atoms with E-state index in [1.165, 1.54) is 0 Å². The number of carbonyl (C=O) groups excluding carboxylic acids is 2. The van der Waals surface area contributed by atoms with Crippen LogP contribution >= 0.6 is 0 Å². The first-order valence-electron chi connectivity index (χ1n) is 3.81. The summed E-state index contributed by atoms with van der Waals surface area (Å²) in [6.07, 6.45) is 1.04. The van der Waals surface area contributed by atoms with E-state index in [2.05, 4.69) is 10.6 Å². The van der Waals surface area contributed by atoms with Crippen LogP contribution in [0.1, 0.15) is 19.8 Å². The van der Waals surface area contributed by atoms with Gasteiger partial charge >= 0.3 is 0 Å². The Balaban J connectivity index is 2.59. The van der Waals surface area contributed by atoms with Crippen molar-refractivity contribution in [3.05, 3.63) is 0 Å². The zero-order valence-corrected chi connectivity index (χ0v) is 6.52. The molecule has 0 saturated carbocycles. The molecule has 0 aliphatic carbocycles. The molecule has 1 heterocycles. The number of amides is 2. The number of nitrogens with one attached hydrogen (secondary N) is 2. The van der Waals surface area contributed by atoms with Gasteiger partial charge in [-0.15, -0.1) is 0 Å². The highest BCUT2D eigenvalue weighted by Crippen LogP contribution is 1.95. The lowest BCUT2D eigenvalue weighted by Crippen LogP contribution is -2.41. The van der Waals surface area contributed by atoms with Crippen LogP contribution in [0, 0.1) is 0 Å². The molecule has 1 rings (SSSR count). The van der Waals surface area contributed by atoms with Gasteiger partial charge in [0.05, 0.1) is 0 Å². The monoisotopic (exact) mass is 156 g/mol. The molecule has 4 nitrogen and oxygen atoms in total. The first-order chi connectivity index (χ1) is 5.24. The molecule has 62 valence electrons. The van der Waals surface area contributed by atoms with E-state index in [1.54, 1.807) is 0 Å². The average Bonchev–Trinajstić information content (AvgIpc) is 2.13. The van der Waals surface area contributed by atoms with Crippen molar-refractivity contribution < 1.29 is 9.59 Å². The largest absolute Gasteiger partial charge is 0.354 e. The van der Waals surface area contributed by atoms with Crippen LogP contribution in [0.5, 0.6) is 0 Å². The molecule has 1 aliphatic rings. The molecule has 1 unspecified atom stereocenters. The lowest BCUT2D eigenvalue weighted by atomic mass is 10.2. The van der Waals surface area contributed by atoms with E-state index < -0.39 is 0 Å². The molecule has 0 aromatic carbocycles. The van der Waals surface area contributed by atoms with Crippen molar-refractivity contribution in [1.82, 2.24) is 10.6 Å². The minimum absolute atomic E-state index is 0.0461.